The van der Waals surface area contributed by atoms with Gasteiger partial charge in [0.2, 0.25) is 0 Å². The van der Waals surface area contributed by atoms with Crippen LogP contribution in [0.15, 0.2) is 72.8 Å². The number of hydrogen-bond acceptors (Lipinski definition) is 5. The molecule has 0 spiro atoms. The Bertz CT molecular complexity index is 1140. The van der Waals surface area contributed by atoms with E-state index in [0.717, 1.165) is 0 Å². The second-order valence-corrected chi connectivity index (χ2v) is 8.35. The van der Waals surface area contributed by atoms with Gasteiger partial charge in [0.05, 0.1) is 20.1 Å². The Morgan fingerprint density at radius 1 is 0.394 bits per heavy atom. The fraction of sp³-hybridized carbons (Fsp3) is 0. The van der Waals surface area contributed by atoms with Gasteiger partial charge in [-0.25, -0.2) is 0 Å². The van der Waals surface area contributed by atoms with Crippen molar-refractivity contribution < 1.29 is 24.4 Å². The van der Waals surface area contributed by atoms with Crippen LogP contribution < -0.4 is 14.2 Å². The first kappa shape index (κ1) is 23.2. The highest BCUT2D eigenvalue weighted by Gasteiger charge is 2.10. The Morgan fingerprint density at radius 2 is 0.606 bits per heavy atom. The largest absolute Gasteiger partial charge is 0.505 e. The van der Waals surface area contributed by atoms with Gasteiger partial charge in [0.15, 0.2) is 11.5 Å². The number of ether oxygens (including phenoxy) is 3. The lowest BCUT2D eigenvalue weighted by molar-refractivity contribution is 0.458. The minimum absolute atomic E-state index is 0.0986. The Morgan fingerprint density at radius 3 is 0.848 bits per heavy atom. The van der Waals surface area contributed by atoms with Crippen LogP contribution in [0.3, 0.4) is 0 Å². The molecule has 0 heterocycles. The van der Waals surface area contributed by atoms with Crippen molar-refractivity contribution in [2.24, 2.45) is 0 Å². The zero-order chi connectivity index (χ0) is 23.5. The molecule has 0 fully saturated rings. The van der Waals surface area contributed by atoms with Gasteiger partial charge < -0.3 is 24.4 Å². The van der Waals surface area contributed by atoms with E-state index in [4.69, 9.17) is 60.6 Å². The lowest BCUT2D eigenvalue weighted by Gasteiger charge is -2.11. The van der Waals surface area contributed by atoms with E-state index in [2.05, 4.69) is 0 Å². The first-order valence-electron chi connectivity index (χ1n) is 9.38. The molecule has 0 aliphatic rings. The lowest BCUT2D eigenvalue weighted by atomic mass is 10.3. The predicted molar refractivity (Wildman–Crippen MR) is 129 cm³/mol. The van der Waals surface area contributed by atoms with E-state index in [1.807, 2.05) is 0 Å². The van der Waals surface area contributed by atoms with E-state index in [1.165, 1.54) is 24.3 Å². The van der Waals surface area contributed by atoms with Crippen LogP contribution in [0.2, 0.25) is 20.1 Å². The summed E-state index contributed by atoms with van der Waals surface area (Å²) in [7, 11) is 0. The van der Waals surface area contributed by atoms with Gasteiger partial charge in [-0.1, -0.05) is 46.4 Å². The number of halogens is 4. The second-order valence-electron chi connectivity index (χ2n) is 6.72. The molecule has 0 atom stereocenters. The maximum atomic E-state index is 9.63. The third-order valence-electron chi connectivity index (χ3n) is 4.34. The van der Waals surface area contributed by atoms with Crippen LogP contribution >= 0.6 is 46.4 Å². The van der Waals surface area contributed by atoms with Crippen molar-refractivity contribution in [1.82, 2.24) is 0 Å². The van der Waals surface area contributed by atoms with Crippen LogP contribution in [-0.2, 0) is 0 Å². The van der Waals surface area contributed by atoms with E-state index in [-0.39, 0.29) is 31.6 Å². The summed E-state index contributed by atoms with van der Waals surface area (Å²) in [4.78, 5) is 0. The van der Waals surface area contributed by atoms with Crippen molar-refractivity contribution >= 4 is 46.4 Å². The Hall–Kier alpha value is -2.96. The molecule has 0 aliphatic heterocycles. The monoisotopic (exact) mass is 522 g/mol. The SMILES string of the molecule is Oc1c(Cl)cc(Oc2ccc(Oc3ccc(Oc4cc(Cl)c(O)c(Cl)c4)cc3)cc2)cc1Cl. The second kappa shape index (κ2) is 9.89. The van der Waals surface area contributed by atoms with Crippen LogP contribution in [0.25, 0.3) is 0 Å². The van der Waals surface area contributed by atoms with Crippen LogP contribution in [0, 0.1) is 0 Å². The molecule has 0 aliphatic carbocycles. The fourth-order valence-corrected chi connectivity index (χ4v) is 3.70. The van der Waals surface area contributed by atoms with E-state index in [0.29, 0.717) is 34.5 Å². The van der Waals surface area contributed by atoms with Crippen molar-refractivity contribution in [2.45, 2.75) is 0 Å². The molecule has 4 aromatic carbocycles. The van der Waals surface area contributed by atoms with Gasteiger partial charge >= 0.3 is 0 Å². The molecular weight excluding hydrogens is 510 g/mol. The molecule has 9 heteroatoms. The molecule has 0 saturated carbocycles. The van der Waals surface area contributed by atoms with Crippen molar-refractivity contribution in [3.8, 4) is 46.0 Å². The third-order valence-corrected chi connectivity index (χ3v) is 5.49. The minimum Gasteiger partial charge on any atom is -0.505 e. The molecule has 168 valence electrons. The number of phenols is 2. The number of aromatic hydroxyl groups is 2. The molecule has 4 rings (SSSR count). The lowest BCUT2D eigenvalue weighted by Crippen LogP contribution is -1.88. The van der Waals surface area contributed by atoms with Crippen LogP contribution in [-0.4, -0.2) is 10.2 Å². The van der Waals surface area contributed by atoms with E-state index in [9.17, 15) is 10.2 Å². The molecule has 33 heavy (non-hydrogen) atoms. The first-order valence-corrected chi connectivity index (χ1v) is 10.9. The number of benzene rings is 4. The molecule has 0 saturated heterocycles. The zero-order valence-electron chi connectivity index (χ0n) is 16.6. The molecule has 0 radical (unpaired) electrons. The molecule has 0 aromatic heterocycles. The summed E-state index contributed by atoms with van der Waals surface area (Å²) in [5.41, 5.74) is 0. The number of hydrogen-bond donors (Lipinski definition) is 2. The zero-order valence-corrected chi connectivity index (χ0v) is 19.6. The normalized spacial score (nSPS) is 10.7. The maximum Gasteiger partial charge on any atom is 0.153 e. The number of phenolic OH excluding ortho intramolecular Hbond substituents is 2. The minimum atomic E-state index is -0.193. The van der Waals surface area contributed by atoms with Gasteiger partial charge in [0.25, 0.3) is 0 Å². The quantitative estimate of drug-likeness (QED) is 0.263. The molecular formula is C24H14Cl4O5. The van der Waals surface area contributed by atoms with Crippen molar-refractivity contribution in [1.29, 1.82) is 0 Å². The summed E-state index contributed by atoms with van der Waals surface area (Å²) >= 11 is 23.6. The molecule has 4 aromatic rings. The van der Waals surface area contributed by atoms with Gasteiger partial charge in [-0.2, -0.15) is 0 Å². The summed E-state index contributed by atoms with van der Waals surface area (Å²) in [6.45, 7) is 0. The molecule has 2 N–H and O–H groups in total. The van der Waals surface area contributed by atoms with Gasteiger partial charge in [-0.3, -0.25) is 0 Å². The maximum absolute atomic E-state index is 9.63. The van der Waals surface area contributed by atoms with E-state index >= 15 is 0 Å². The van der Waals surface area contributed by atoms with Crippen molar-refractivity contribution in [3.63, 3.8) is 0 Å². The first-order chi connectivity index (χ1) is 15.8. The third kappa shape index (κ3) is 5.70. The molecule has 0 bridgehead atoms. The van der Waals surface area contributed by atoms with Gasteiger partial charge in [0.1, 0.15) is 34.5 Å². The number of rotatable bonds is 6. The standard InChI is InChI=1S/C24H14Cl4O5/c25-19-9-17(10-20(26)23(19)29)32-15-5-1-13(2-6-15)31-14-3-7-16(8-4-14)33-18-11-21(27)24(30)22(28)12-18/h1-12,29-30H. The van der Waals surface area contributed by atoms with Crippen LogP contribution in [0.5, 0.6) is 46.0 Å². The van der Waals surface area contributed by atoms with Crippen molar-refractivity contribution in [2.75, 3.05) is 0 Å². The highest BCUT2D eigenvalue weighted by atomic mass is 35.5. The topological polar surface area (TPSA) is 68.2 Å². The Labute approximate surface area is 209 Å². The molecule has 0 unspecified atom stereocenters. The summed E-state index contributed by atoms with van der Waals surface area (Å²) in [6.07, 6.45) is 0. The molecule has 5 nitrogen and oxygen atoms in total. The fourth-order valence-electron chi connectivity index (χ4n) is 2.76. The average Bonchev–Trinajstić information content (AvgIpc) is 2.78. The summed E-state index contributed by atoms with van der Waals surface area (Å²) in [5.74, 6) is 2.66. The smallest absolute Gasteiger partial charge is 0.153 e. The highest BCUT2D eigenvalue weighted by molar-refractivity contribution is 6.37. The van der Waals surface area contributed by atoms with Crippen molar-refractivity contribution in [3.05, 3.63) is 92.9 Å². The van der Waals surface area contributed by atoms with E-state index in [1.54, 1.807) is 48.5 Å². The summed E-state index contributed by atoms with van der Waals surface area (Å²) in [5, 5.41) is 19.7. The van der Waals surface area contributed by atoms with Gasteiger partial charge in [-0.05, 0) is 48.5 Å². The Balaban J connectivity index is 1.39. The predicted octanol–water partition coefficient (Wildman–Crippen LogP) is 9.09. The van der Waals surface area contributed by atoms with Crippen LogP contribution in [0.4, 0.5) is 0 Å². The van der Waals surface area contributed by atoms with Crippen LogP contribution in [0.1, 0.15) is 0 Å². The summed E-state index contributed by atoms with van der Waals surface area (Å²) < 4.78 is 17.3. The average molecular weight is 524 g/mol. The molecule has 0 amide bonds. The Kier molecular flexibility index (Phi) is 6.96. The van der Waals surface area contributed by atoms with Gasteiger partial charge in [0, 0.05) is 24.3 Å². The van der Waals surface area contributed by atoms with Gasteiger partial charge in [-0.15, -0.1) is 0 Å². The van der Waals surface area contributed by atoms with E-state index < -0.39 is 0 Å². The summed E-state index contributed by atoms with van der Waals surface area (Å²) in [6, 6.07) is 19.7. The highest BCUT2D eigenvalue weighted by Crippen LogP contribution is 2.39.